The molecule has 10 heteroatoms. The number of rotatable bonds is 8. The quantitative estimate of drug-likeness (QED) is 0.356. The molecule has 2 aliphatic rings. The lowest BCUT2D eigenvalue weighted by Crippen LogP contribution is -2.46. The van der Waals surface area contributed by atoms with Crippen molar-refractivity contribution in [3.63, 3.8) is 0 Å². The molecule has 1 saturated heterocycles. The second-order valence-corrected chi connectivity index (χ2v) is 10.5. The fourth-order valence-corrected chi connectivity index (χ4v) is 5.23. The summed E-state index contributed by atoms with van der Waals surface area (Å²) < 4.78 is 55.9. The molecule has 40 heavy (non-hydrogen) atoms. The summed E-state index contributed by atoms with van der Waals surface area (Å²) >= 11 is 0. The van der Waals surface area contributed by atoms with Gasteiger partial charge in [-0.2, -0.15) is 13.2 Å². The van der Waals surface area contributed by atoms with Crippen molar-refractivity contribution in [2.45, 2.75) is 37.1 Å². The van der Waals surface area contributed by atoms with Crippen LogP contribution in [0.3, 0.4) is 0 Å². The van der Waals surface area contributed by atoms with E-state index in [9.17, 15) is 22.4 Å². The van der Waals surface area contributed by atoms with Crippen LogP contribution in [-0.4, -0.2) is 65.8 Å². The van der Waals surface area contributed by atoms with E-state index < -0.39 is 24.0 Å². The summed E-state index contributed by atoms with van der Waals surface area (Å²) in [7, 11) is 1.85. The Balaban J connectivity index is 1.35. The van der Waals surface area contributed by atoms with Crippen molar-refractivity contribution >= 4 is 34.0 Å². The summed E-state index contributed by atoms with van der Waals surface area (Å²) in [5, 5.41) is 6.85. The van der Waals surface area contributed by atoms with E-state index in [1.54, 1.807) is 48.8 Å². The minimum absolute atomic E-state index is 0.0746. The number of aromatic nitrogens is 2. The normalized spacial score (nSPS) is 23.3. The maximum Gasteiger partial charge on any atom is 0.417 e. The van der Waals surface area contributed by atoms with E-state index in [2.05, 4.69) is 27.2 Å². The van der Waals surface area contributed by atoms with Crippen molar-refractivity contribution in [2.75, 3.05) is 32.0 Å². The number of allylic oxidation sites excluding steroid dienone is 1. The average Bonchev–Trinajstić information content (AvgIpc) is 3.73. The second-order valence-electron chi connectivity index (χ2n) is 10.5. The van der Waals surface area contributed by atoms with E-state index in [1.807, 2.05) is 24.1 Å². The molecule has 2 unspecified atom stereocenters. The maximum atomic E-state index is 14.8. The van der Waals surface area contributed by atoms with Gasteiger partial charge in [0.15, 0.2) is 0 Å². The molecule has 210 valence electrons. The molecule has 0 spiro atoms. The van der Waals surface area contributed by atoms with Gasteiger partial charge < -0.3 is 15.5 Å². The molecule has 1 amide bonds. The van der Waals surface area contributed by atoms with Gasteiger partial charge in [-0.05, 0) is 61.7 Å². The van der Waals surface area contributed by atoms with E-state index in [1.165, 1.54) is 0 Å². The Morgan fingerprint density at radius 3 is 2.70 bits per heavy atom. The lowest BCUT2D eigenvalue weighted by molar-refractivity contribution is -0.122. The van der Waals surface area contributed by atoms with Crippen molar-refractivity contribution in [3.05, 3.63) is 78.4 Å². The Kier molecular flexibility index (Phi) is 7.89. The summed E-state index contributed by atoms with van der Waals surface area (Å²) in [6.45, 7) is 4.47. The Morgan fingerprint density at radius 2 is 1.98 bits per heavy atom. The van der Waals surface area contributed by atoms with Gasteiger partial charge in [0.2, 0.25) is 5.91 Å². The molecule has 4 atom stereocenters. The van der Waals surface area contributed by atoms with Crippen LogP contribution in [0.4, 0.5) is 23.2 Å². The van der Waals surface area contributed by atoms with Crippen LogP contribution in [0.25, 0.3) is 22.4 Å². The standard InChI is InChI=1S/C30H31F4N5O/c1-18(30(32,33)34)28-21-6-3-7-26(38-27-10-14-39(2)17-25(27)31)23(21)15-20(37-28)5-4-11-36-29(40)24-16-22(24)19-8-12-35-13-9-19/h3-9,12-13,15,22,24-25,27,38H,1,10-11,14,16-17H2,2H3,(H,36,40)/b5-4+/t22?,24?,25-,27+/m0/s1. The van der Waals surface area contributed by atoms with Crippen LogP contribution in [0.1, 0.15) is 35.7 Å². The molecule has 3 aromatic rings. The molecule has 1 saturated carbocycles. The van der Waals surface area contributed by atoms with Gasteiger partial charge in [-0.3, -0.25) is 9.78 Å². The fourth-order valence-electron chi connectivity index (χ4n) is 5.23. The van der Waals surface area contributed by atoms with Crippen LogP contribution >= 0.6 is 0 Å². The molecule has 0 bridgehead atoms. The summed E-state index contributed by atoms with van der Waals surface area (Å²) in [6, 6.07) is 9.94. The third kappa shape index (κ3) is 6.17. The number of carbonyl (C=O) groups is 1. The minimum Gasteiger partial charge on any atom is -0.379 e. The average molecular weight is 554 g/mol. The number of likely N-dealkylation sites (tertiary alicyclic amines) is 1. The van der Waals surface area contributed by atoms with Crippen molar-refractivity contribution in [1.82, 2.24) is 20.2 Å². The lowest BCUT2D eigenvalue weighted by Gasteiger charge is -2.33. The number of pyridine rings is 2. The van der Waals surface area contributed by atoms with Crippen LogP contribution in [0.2, 0.25) is 0 Å². The van der Waals surface area contributed by atoms with Crippen LogP contribution in [-0.2, 0) is 4.79 Å². The van der Waals surface area contributed by atoms with Gasteiger partial charge in [0.05, 0.1) is 23.0 Å². The zero-order valence-electron chi connectivity index (χ0n) is 22.1. The third-order valence-electron chi connectivity index (χ3n) is 7.55. The minimum atomic E-state index is -4.67. The molecule has 1 aliphatic carbocycles. The number of halogens is 4. The van der Waals surface area contributed by atoms with Gasteiger partial charge >= 0.3 is 6.18 Å². The molecule has 3 heterocycles. The molecule has 2 N–H and O–H groups in total. The predicted molar refractivity (Wildman–Crippen MR) is 148 cm³/mol. The predicted octanol–water partition coefficient (Wildman–Crippen LogP) is 5.59. The SMILES string of the molecule is C=C(c1nc(/C=C/CNC(=O)C2CC2c2ccncc2)cc2c(N[C@@H]3CCN(C)C[C@@H]3F)cccc12)C(F)(F)F. The second kappa shape index (κ2) is 11.4. The Bertz CT molecular complexity index is 1420. The Morgan fingerprint density at radius 1 is 1.20 bits per heavy atom. The van der Waals surface area contributed by atoms with Crippen LogP contribution in [0.15, 0.2) is 61.4 Å². The molecule has 2 aromatic heterocycles. The fraction of sp³-hybridized carbons (Fsp3) is 0.367. The molecule has 1 aromatic carbocycles. The summed E-state index contributed by atoms with van der Waals surface area (Å²) in [4.78, 5) is 22.7. The number of benzene rings is 1. The van der Waals surface area contributed by atoms with Gasteiger partial charge in [0.1, 0.15) is 6.17 Å². The smallest absolute Gasteiger partial charge is 0.379 e. The number of fused-ring (bicyclic) bond motifs is 1. The number of hydrogen-bond acceptors (Lipinski definition) is 5. The summed E-state index contributed by atoms with van der Waals surface area (Å²) in [6.07, 6.45) is 2.17. The zero-order chi connectivity index (χ0) is 28.4. The molecular weight excluding hydrogens is 522 g/mol. The van der Waals surface area contributed by atoms with Crippen molar-refractivity contribution in [3.8, 4) is 0 Å². The topological polar surface area (TPSA) is 70.1 Å². The Hall–Kier alpha value is -3.79. The highest BCUT2D eigenvalue weighted by Crippen LogP contribution is 2.47. The number of hydrogen-bond donors (Lipinski definition) is 2. The first-order valence-corrected chi connectivity index (χ1v) is 13.3. The van der Waals surface area contributed by atoms with Crippen LogP contribution in [0, 0.1) is 5.92 Å². The summed E-state index contributed by atoms with van der Waals surface area (Å²) in [5.41, 5.74) is 0.546. The number of alkyl halides is 4. The van der Waals surface area contributed by atoms with E-state index >= 15 is 0 Å². The van der Waals surface area contributed by atoms with Gasteiger partial charge in [-0.15, -0.1) is 0 Å². The maximum absolute atomic E-state index is 14.8. The molecule has 6 nitrogen and oxygen atoms in total. The van der Waals surface area contributed by atoms with Crippen molar-refractivity contribution in [2.24, 2.45) is 5.92 Å². The monoisotopic (exact) mass is 553 g/mol. The van der Waals surface area contributed by atoms with Crippen molar-refractivity contribution in [1.29, 1.82) is 0 Å². The van der Waals surface area contributed by atoms with E-state index in [0.29, 0.717) is 24.0 Å². The largest absolute Gasteiger partial charge is 0.417 e. The van der Waals surface area contributed by atoms with Gasteiger partial charge in [-0.1, -0.05) is 24.8 Å². The highest BCUT2D eigenvalue weighted by Gasteiger charge is 2.43. The van der Waals surface area contributed by atoms with E-state index in [-0.39, 0.29) is 47.6 Å². The van der Waals surface area contributed by atoms with E-state index in [0.717, 1.165) is 12.0 Å². The first-order chi connectivity index (χ1) is 19.1. The highest BCUT2D eigenvalue weighted by molar-refractivity contribution is 6.00. The summed E-state index contributed by atoms with van der Waals surface area (Å²) in [5.74, 6) is -0.0113. The number of nitrogens with one attached hydrogen (secondary N) is 2. The molecular formula is C30H31F4N5O. The number of piperidine rings is 1. The number of nitrogens with zero attached hydrogens (tertiary/aromatic N) is 3. The number of carbonyl (C=O) groups excluding carboxylic acids is 1. The van der Waals surface area contributed by atoms with Gasteiger partial charge in [0.25, 0.3) is 0 Å². The van der Waals surface area contributed by atoms with Gasteiger partial charge in [0, 0.05) is 54.4 Å². The number of anilines is 1. The zero-order valence-corrected chi connectivity index (χ0v) is 22.1. The van der Waals surface area contributed by atoms with Crippen LogP contribution < -0.4 is 10.6 Å². The van der Waals surface area contributed by atoms with E-state index in [4.69, 9.17) is 0 Å². The van der Waals surface area contributed by atoms with Crippen LogP contribution in [0.5, 0.6) is 0 Å². The highest BCUT2D eigenvalue weighted by atomic mass is 19.4. The first-order valence-electron chi connectivity index (χ1n) is 13.3. The first kappa shape index (κ1) is 27.8. The molecule has 0 radical (unpaired) electrons. The van der Waals surface area contributed by atoms with Gasteiger partial charge in [-0.25, -0.2) is 9.37 Å². The third-order valence-corrected chi connectivity index (χ3v) is 7.55. The molecule has 2 fully saturated rings. The lowest BCUT2D eigenvalue weighted by atomic mass is 9.99. The molecule has 5 rings (SSSR count). The Labute approximate surface area is 230 Å². The number of amides is 1. The molecule has 1 aliphatic heterocycles. The van der Waals surface area contributed by atoms with Crippen molar-refractivity contribution < 1.29 is 22.4 Å².